The zero-order valence-electron chi connectivity index (χ0n) is 11.2. The summed E-state index contributed by atoms with van der Waals surface area (Å²) in [5.74, 6) is 0.582. The lowest BCUT2D eigenvalue weighted by molar-refractivity contribution is -0.122. The molecule has 0 amide bonds. The summed E-state index contributed by atoms with van der Waals surface area (Å²) in [4.78, 5) is 13.9. The van der Waals surface area contributed by atoms with E-state index >= 15 is 0 Å². The van der Waals surface area contributed by atoms with E-state index in [1.807, 2.05) is 13.8 Å². The van der Waals surface area contributed by atoms with Gasteiger partial charge in [0.25, 0.3) is 0 Å². The third kappa shape index (κ3) is 5.93. The first-order valence-electron chi connectivity index (χ1n) is 6.14. The normalized spacial score (nSPS) is 12.1. The summed E-state index contributed by atoms with van der Waals surface area (Å²) in [6.07, 6.45) is 1.72. The van der Waals surface area contributed by atoms with Gasteiger partial charge >= 0.3 is 0 Å². The Kier molecular flexibility index (Phi) is 6.82. The molecule has 90 valence electrons. The topological polar surface area (TPSA) is 20.3 Å². The van der Waals surface area contributed by atoms with Gasteiger partial charge in [0.2, 0.25) is 0 Å². The number of ketones is 1. The Bertz CT molecular complexity index is 177. The van der Waals surface area contributed by atoms with Gasteiger partial charge in [0, 0.05) is 24.4 Å². The molecule has 0 saturated carbocycles. The quantitative estimate of drug-likeness (QED) is 0.647. The highest BCUT2D eigenvalue weighted by molar-refractivity contribution is 5.80. The van der Waals surface area contributed by atoms with Crippen molar-refractivity contribution >= 4 is 5.78 Å². The Hall–Kier alpha value is -0.370. The van der Waals surface area contributed by atoms with Gasteiger partial charge < -0.3 is 0 Å². The average Bonchev–Trinajstić information content (AvgIpc) is 2.10. The van der Waals surface area contributed by atoms with E-state index in [0.717, 1.165) is 19.4 Å². The van der Waals surface area contributed by atoms with Gasteiger partial charge in [0.05, 0.1) is 0 Å². The summed E-state index contributed by atoms with van der Waals surface area (Å²) >= 11 is 0. The van der Waals surface area contributed by atoms with Crippen LogP contribution in [0.25, 0.3) is 0 Å². The van der Waals surface area contributed by atoms with E-state index in [2.05, 4.69) is 32.6 Å². The summed E-state index contributed by atoms with van der Waals surface area (Å²) in [6, 6.07) is 1.14. The fourth-order valence-corrected chi connectivity index (χ4v) is 1.84. The first kappa shape index (κ1) is 14.6. The SMILES string of the molecule is CC(C)C(=O)CCCN(C(C)C)C(C)C. The third-order valence-corrected chi connectivity index (χ3v) is 2.81. The number of nitrogens with zero attached hydrogens (tertiary/aromatic N) is 1. The molecule has 0 aliphatic rings. The maximum absolute atomic E-state index is 11.4. The van der Waals surface area contributed by atoms with Gasteiger partial charge in [-0.2, -0.15) is 0 Å². The first-order chi connectivity index (χ1) is 6.86. The van der Waals surface area contributed by atoms with Gasteiger partial charge in [0.15, 0.2) is 0 Å². The van der Waals surface area contributed by atoms with Gasteiger partial charge in [-0.1, -0.05) is 13.8 Å². The number of carbonyl (C=O) groups is 1. The van der Waals surface area contributed by atoms with Gasteiger partial charge in [0.1, 0.15) is 5.78 Å². The van der Waals surface area contributed by atoms with Crippen molar-refractivity contribution < 1.29 is 4.79 Å². The van der Waals surface area contributed by atoms with Gasteiger partial charge in [-0.3, -0.25) is 9.69 Å². The second-order valence-corrected chi connectivity index (χ2v) is 5.15. The van der Waals surface area contributed by atoms with Gasteiger partial charge in [-0.15, -0.1) is 0 Å². The van der Waals surface area contributed by atoms with E-state index in [4.69, 9.17) is 0 Å². The predicted octanol–water partition coefficient (Wildman–Crippen LogP) is 3.11. The van der Waals surface area contributed by atoms with Crippen molar-refractivity contribution in [2.45, 2.75) is 66.5 Å². The monoisotopic (exact) mass is 213 g/mol. The minimum Gasteiger partial charge on any atom is -0.299 e. The molecule has 15 heavy (non-hydrogen) atoms. The summed E-state index contributed by atoms with van der Waals surface area (Å²) in [7, 11) is 0. The van der Waals surface area contributed by atoms with Crippen LogP contribution in [-0.2, 0) is 4.79 Å². The van der Waals surface area contributed by atoms with Gasteiger partial charge in [-0.05, 0) is 40.7 Å². The van der Waals surface area contributed by atoms with Crippen molar-refractivity contribution in [2.75, 3.05) is 6.54 Å². The van der Waals surface area contributed by atoms with Crippen molar-refractivity contribution in [2.24, 2.45) is 5.92 Å². The first-order valence-corrected chi connectivity index (χ1v) is 6.14. The molecular formula is C13H27NO. The molecule has 0 radical (unpaired) electrons. The Labute approximate surface area is 95.0 Å². The number of hydrogen-bond acceptors (Lipinski definition) is 2. The molecule has 0 aliphatic heterocycles. The van der Waals surface area contributed by atoms with E-state index in [0.29, 0.717) is 17.9 Å². The molecule has 2 heteroatoms. The molecule has 0 aromatic heterocycles. The van der Waals surface area contributed by atoms with Crippen LogP contribution >= 0.6 is 0 Å². The number of rotatable bonds is 7. The molecule has 0 aliphatic carbocycles. The van der Waals surface area contributed by atoms with E-state index in [9.17, 15) is 4.79 Å². The molecule has 0 spiro atoms. The molecule has 0 aromatic carbocycles. The number of hydrogen-bond donors (Lipinski definition) is 0. The number of Topliss-reactive ketones (excluding diaryl/α,β-unsaturated/α-hetero) is 1. The van der Waals surface area contributed by atoms with Crippen LogP contribution in [0.4, 0.5) is 0 Å². The second kappa shape index (κ2) is 7.00. The lowest BCUT2D eigenvalue weighted by Gasteiger charge is -2.30. The molecule has 0 N–H and O–H groups in total. The summed E-state index contributed by atoms with van der Waals surface area (Å²) < 4.78 is 0. The van der Waals surface area contributed by atoms with Crippen molar-refractivity contribution in [3.8, 4) is 0 Å². The van der Waals surface area contributed by atoms with Crippen LogP contribution in [0.15, 0.2) is 0 Å². The van der Waals surface area contributed by atoms with Crippen LogP contribution < -0.4 is 0 Å². The van der Waals surface area contributed by atoms with Crippen molar-refractivity contribution in [1.29, 1.82) is 0 Å². The minimum absolute atomic E-state index is 0.191. The van der Waals surface area contributed by atoms with Crippen molar-refractivity contribution in [1.82, 2.24) is 4.90 Å². The van der Waals surface area contributed by atoms with Gasteiger partial charge in [-0.25, -0.2) is 0 Å². The second-order valence-electron chi connectivity index (χ2n) is 5.15. The largest absolute Gasteiger partial charge is 0.299 e. The lowest BCUT2D eigenvalue weighted by atomic mass is 10.0. The number of carbonyl (C=O) groups excluding carboxylic acids is 1. The Balaban J connectivity index is 3.87. The fourth-order valence-electron chi connectivity index (χ4n) is 1.84. The van der Waals surface area contributed by atoms with E-state index < -0.39 is 0 Å². The fraction of sp³-hybridized carbons (Fsp3) is 0.923. The molecule has 0 heterocycles. The molecule has 0 bridgehead atoms. The van der Waals surface area contributed by atoms with Crippen molar-refractivity contribution in [3.63, 3.8) is 0 Å². The van der Waals surface area contributed by atoms with E-state index in [-0.39, 0.29) is 5.92 Å². The molecule has 0 atom stereocenters. The molecule has 0 unspecified atom stereocenters. The molecule has 0 rings (SSSR count). The van der Waals surface area contributed by atoms with Crippen LogP contribution in [0.1, 0.15) is 54.4 Å². The molecular weight excluding hydrogens is 186 g/mol. The van der Waals surface area contributed by atoms with E-state index in [1.54, 1.807) is 0 Å². The molecule has 0 fully saturated rings. The van der Waals surface area contributed by atoms with Crippen LogP contribution in [-0.4, -0.2) is 29.3 Å². The summed E-state index contributed by atoms with van der Waals surface area (Å²) in [5.41, 5.74) is 0. The van der Waals surface area contributed by atoms with Crippen LogP contribution in [0.5, 0.6) is 0 Å². The average molecular weight is 213 g/mol. The third-order valence-electron chi connectivity index (χ3n) is 2.81. The zero-order valence-corrected chi connectivity index (χ0v) is 11.2. The Morgan fingerprint density at radius 1 is 1.00 bits per heavy atom. The standard InChI is InChI=1S/C13H27NO/c1-10(2)13(15)8-7-9-14(11(3)4)12(5)6/h10-12H,7-9H2,1-6H3. The van der Waals surface area contributed by atoms with Crippen molar-refractivity contribution in [3.05, 3.63) is 0 Å². The predicted molar refractivity (Wildman–Crippen MR) is 66.1 cm³/mol. The maximum atomic E-state index is 11.4. The van der Waals surface area contributed by atoms with E-state index in [1.165, 1.54) is 0 Å². The smallest absolute Gasteiger partial charge is 0.135 e. The maximum Gasteiger partial charge on any atom is 0.135 e. The van der Waals surface area contributed by atoms with Crippen LogP contribution in [0.2, 0.25) is 0 Å². The molecule has 0 aromatic rings. The minimum atomic E-state index is 0.191. The summed E-state index contributed by atoms with van der Waals surface area (Å²) in [5, 5.41) is 0. The Morgan fingerprint density at radius 3 is 1.80 bits per heavy atom. The molecule has 0 saturated heterocycles. The summed E-state index contributed by atoms with van der Waals surface area (Å²) in [6.45, 7) is 13.8. The Morgan fingerprint density at radius 2 is 1.47 bits per heavy atom. The lowest BCUT2D eigenvalue weighted by Crippen LogP contribution is -2.37. The highest BCUT2D eigenvalue weighted by Gasteiger charge is 2.14. The van der Waals surface area contributed by atoms with Crippen LogP contribution in [0.3, 0.4) is 0 Å². The zero-order chi connectivity index (χ0) is 12.0. The molecule has 2 nitrogen and oxygen atoms in total. The highest BCUT2D eigenvalue weighted by atomic mass is 16.1. The van der Waals surface area contributed by atoms with Crippen LogP contribution in [0, 0.1) is 5.92 Å². The highest BCUT2D eigenvalue weighted by Crippen LogP contribution is 2.08.